The number of fused-ring (bicyclic) bond motifs is 2. The van der Waals surface area contributed by atoms with Crippen molar-refractivity contribution in [3.05, 3.63) is 95.2 Å². The largest absolute Gasteiger partial charge is 0.370 e. The Balaban J connectivity index is 1.15. The minimum absolute atomic E-state index is 0.124. The summed E-state index contributed by atoms with van der Waals surface area (Å²) in [5.74, 6) is -0.124. The van der Waals surface area contributed by atoms with Crippen LogP contribution in [0.4, 0.5) is 5.69 Å². The maximum atomic E-state index is 12.8. The molecule has 0 unspecified atom stereocenters. The molecule has 5 heterocycles. The molecule has 7 nitrogen and oxygen atoms in total. The minimum Gasteiger partial charge on any atom is -0.370 e. The lowest BCUT2D eigenvalue weighted by Crippen LogP contribution is -2.36. The SMILES string of the molecule is Cc1c[nH]c2ncc(CNC(=O)c3ccnc(Cc4ccc5ncc(N6CCC6)cc5c4)c3)cc12. The van der Waals surface area contributed by atoms with Gasteiger partial charge in [-0.1, -0.05) is 6.07 Å². The highest BCUT2D eigenvalue weighted by molar-refractivity contribution is 5.94. The van der Waals surface area contributed by atoms with Crippen molar-refractivity contribution in [1.29, 1.82) is 0 Å². The van der Waals surface area contributed by atoms with E-state index in [1.54, 1.807) is 18.5 Å². The number of nitrogens with zero attached hydrogens (tertiary/aromatic N) is 4. The Morgan fingerprint density at radius 2 is 1.94 bits per heavy atom. The van der Waals surface area contributed by atoms with Crippen LogP contribution in [0, 0.1) is 6.92 Å². The molecule has 0 spiro atoms. The van der Waals surface area contributed by atoms with Gasteiger partial charge in [0.15, 0.2) is 0 Å². The van der Waals surface area contributed by atoms with Gasteiger partial charge in [-0.2, -0.15) is 0 Å². The first-order valence-electron chi connectivity index (χ1n) is 11.9. The molecule has 174 valence electrons. The van der Waals surface area contributed by atoms with Gasteiger partial charge in [0.05, 0.1) is 17.4 Å². The first-order chi connectivity index (χ1) is 17.1. The molecule has 0 saturated carbocycles. The number of pyridine rings is 3. The van der Waals surface area contributed by atoms with Crippen LogP contribution in [0.5, 0.6) is 0 Å². The van der Waals surface area contributed by atoms with Gasteiger partial charge in [-0.15, -0.1) is 0 Å². The number of carbonyl (C=O) groups excluding carboxylic acids is 1. The standard InChI is InChI=1S/C28H26N6O/c1-18-14-31-27-25(18)11-20(15-32-27)16-33-28(35)21-5-6-29-23(12-21)10-19-3-4-26-22(9-19)13-24(17-30-26)34-7-2-8-34/h3-6,9,11-15,17H,2,7-8,10,16H2,1H3,(H,31,32)(H,33,35). The fraction of sp³-hybridized carbons (Fsp3) is 0.214. The van der Waals surface area contributed by atoms with E-state index >= 15 is 0 Å². The summed E-state index contributed by atoms with van der Waals surface area (Å²) in [6.07, 6.45) is 9.28. The number of aryl methyl sites for hydroxylation is 1. The summed E-state index contributed by atoms with van der Waals surface area (Å²) in [6.45, 7) is 4.66. The topological polar surface area (TPSA) is 86.8 Å². The second kappa shape index (κ2) is 8.83. The number of carbonyl (C=O) groups is 1. The van der Waals surface area contributed by atoms with Crippen LogP contribution in [0.3, 0.4) is 0 Å². The number of hydrogen-bond acceptors (Lipinski definition) is 5. The van der Waals surface area contributed by atoms with Crippen molar-refractivity contribution in [2.45, 2.75) is 26.3 Å². The van der Waals surface area contributed by atoms with E-state index in [2.05, 4.69) is 60.5 Å². The summed E-state index contributed by atoms with van der Waals surface area (Å²) in [4.78, 5) is 31.9. The Kier molecular flexibility index (Phi) is 5.37. The van der Waals surface area contributed by atoms with Crippen LogP contribution >= 0.6 is 0 Å². The molecule has 6 rings (SSSR count). The second-order valence-electron chi connectivity index (χ2n) is 9.17. The highest BCUT2D eigenvalue weighted by Gasteiger charge is 2.15. The molecule has 1 aromatic carbocycles. The molecule has 5 aromatic rings. The second-order valence-corrected chi connectivity index (χ2v) is 9.17. The number of H-pyrrole nitrogens is 1. The number of nitrogens with one attached hydrogen (secondary N) is 2. The number of amides is 1. The number of anilines is 1. The van der Waals surface area contributed by atoms with Gasteiger partial charge in [0, 0.05) is 66.7 Å². The third kappa shape index (κ3) is 4.33. The van der Waals surface area contributed by atoms with E-state index in [1.807, 2.05) is 25.4 Å². The lowest BCUT2D eigenvalue weighted by atomic mass is 10.0. The summed E-state index contributed by atoms with van der Waals surface area (Å²) in [5, 5.41) is 5.21. The Morgan fingerprint density at radius 3 is 2.80 bits per heavy atom. The third-order valence-corrected chi connectivity index (χ3v) is 6.66. The minimum atomic E-state index is -0.124. The number of aromatic amines is 1. The van der Waals surface area contributed by atoms with Gasteiger partial charge in [-0.3, -0.25) is 14.8 Å². The quantitative estimate of drug-likeness (QED) is 0.387. The summed E-state index contributed by atoms with van der Waals surface area (Å²) < 4.78 is 0. The molecule has 1 amide bonds. The molecule has 2 N–H and O–H groups in total. The summed E-state index contributed by atoms with van der Waals surface area (Å²) in [7, 11) is 0. The molecule has 1 aliphatic rings. The van der Waals surface area contributed by atoms with Gasteiger partial charge >= 0.3 is 0 Å². The van der Waals surface area contributed by atoms with Gasteiger partial charge in [-0.25, -0.2) is 4.98 Å². The van der Waals surface area contributed by atoms with Crippen molar-refractivity contribution < 1.29 is 4.79 Å². The van der Waals surface area contributed by atoms with E-state index in [0.717, 1.165) is 57.4 Å². The van der Waals surface area contributed by atoms with Crippen LogP contribution in [0.1, 0.15) is 39.2 Å². The van der Waals surface area contributed by atoms with Gasteiger partial charge < -0.3 is 15.2 Å². The van der Waals surface area contributed by atoms with E-state index in [0.29, 0.717) is 18.5 Å². The molecule has 0 radical (unpaired) electrons. The number of rotatable bonds is 6. The zero-order chi connectivity index (χ0) is 23.8. The molecular weight excluding hydrogens is 436 g/mol. The fourth-order valence-corrected chi connectivity index (χ4v) is 4.51. The van der Waals surface area contributed by atoms with Gasteiger partial charge in [-0.05, 0) is 66.4 Å². The van der Waals surface area contributed by atoms with Crippen molar-refractivity contribution in [3.63, 3.8) is 0 Å². The van der Waals surface area contributed by atoms with E-state index in [-0.39, 0.29) is 5.91 Å². The Hall–Kier alpha value is -4.26. The lowest BCUT2D eigenvalue weighted by Gasteiger charge is -2.32. The first kappa shape index (κ1) is 21.3. The highest BCUT2D eigenvalue weighted by atomic mass is 16.1. The predicted octanol–water partition coefficient (Wildman–Crippen LogP) is 4.55. The normalized spacial score (nSPS) is 13.2. The lowest BCUT2D eigenvalue weighted by molar-refractivity contribution is 0.0950. The summed E-state index contributed by atoms with van der Waals surface area (Å²) >= 11 is 0. The van der Waals surface area contributed by atoms with Crippen molar-refractivity contribution >= 4 is 33.5 Å². The molecule has 4 aromatic heterocycles. The Labute approximate surface area is 203 Å². The molecular formula is C28H26N6O. The maximum absolute atomic E-state index is 12.8. The molecule has 0 atom stereocenters. The van der Waals surface area contributed by atoms with Crippen LogP contribution in [-0.2, 0) is 13.0 Å². The summed E-state index contributed by atoms with van der Waals surface area (Å²) in [5.41, 5.74) is 7.73. The van der Waals surface area contributed by atoms with E-state index < -0.39 is 0 Å². The van der Waals surface area contributed by atoms with Gasteiger partial charge in [0.1, 0.15) is 5.65 Å². The Morgan fingerprint density at radius 1 is 1.03 bits per heavy atom. The molecule has 0 bridgehead atoms. The monoisotopic (exact) mass is 462 g/mol. The van der Waals surface area contributed by atoms with Crippen molar-refractivity contribution in [3.8, 4) is 0 Å². The predicted molar refractivity (Wildman–Crippen MR) is 138 cm³/mol. The molecule has 1 aliphatic heterocycles. The van der Waals surface area contributed by atoms with Crippen LogP contribution in [0.25, 0.3) is 21.9 Å². The van der Waals surface area contributed by atoms with Crippen LogP contribution in [0.2, 0.25) is 0 Å². The maximum Gasteiger partial charge on any atom is 0.251 e. The first-order valence-corrected chi connectivity index (χ1v) is 11.9. The molecule has 0 aliphatic carbocycles. The van der Waals surface area contributed by atoms with E-state index in [1.165, 1.54) is 12.1 Å². The van der Waals surface area contributed by atoms with E-state index in [4.69, 9.17) is 0 Å². The van der Waals surface area contributed by atoms with Crippen LogP contribution in [0.15, 0.2) is 67.3 Å². The molecule has 7 heteroatoms. The smallest absolute Gasteiger partial charge is 0.251 e. The number of benzene rings is 1. The van der Waals surface area contributed by atoms with Crippen LogP contribution in [-0.4, -0.2) is 38.9 Å². The van der Waals surface area contributed by atoms with Crippen molar-refractivity contribution in [1.82, 2.24) is 25.3 Å². The highest BCUT2D eigenvalue weighted by Crippen LogP contribution is 2.25. The molecule has 1 saturated heterocycles. The van der Waals surface area contributed by atoms with E-state index in [9.17, 15) is 4.79 Å². The van der Waals surface area contributed by atoms with Crippen LogP contribution < -0.4 is 10.2 Å². The summed E-state index contributed by atoms with van der Waals surface area (Å²) in [6, 6.07) is 14.2. The zero-order valence-electron chi connectivity index (χ0n) is 19.6. The third-order valence-electron chi connectivity index (χ3n) is 6.66. The average molecular weight is 463 g/mol. The van der Waals surface area contributed by atoms with Crippen molar-refractivity contribution in [2.75, 3.05) is 18.0 Å². The molecule has 35 heavy (non-hydrogen) atoms. The van der Waals surface area contributed by atoms with Gasteiger partial charge in [0.25, 0.3) is 5.91 Å². The van der Waals surface area contributed by atoms with Gasteiger partial charge in [0.2, 0.25) is 0 Å². The fourth-order valence-electron chi connectivity index (χ4n) is 4.51. The number of aromatic nitrogens is 4. The van der Waals surface area contributed by atoms with Crippen molar-refractivity contribution in [2.24, 2.45) is 0 Å². The number of hydrogen-bond donors (Lipinski definition) is 2. The average Bonchev–Trinajstić information content (AvgIpc) is 3.21. The zero-order valence-corrected chi connectivity index (χ0v) is 19.6. The molecule has 1 fully saturated rings. The Bertz CT molecular complexity index is 1550.